The van der Waals surface area contributed by atoms with Gasteiger partial charge in [0.25, 0.3) is 0 Å². The van der Waals surface area contributed by atoms with E-state index in [0.717, 1.165) is 12.1 Å². The van der Waals surface area contributed by atoms with E-state index in [-0.39, 0.29) is 18.3 Å². The summed E-state index contributed by atoms with van der Waals surface area (Å²) in [7, 11) is 0. The van der Waals surface area contributed by atoms with Crippen LogP contribution in [0, 0.1) is 18.7 Å². The molecule has 84 valence electrons. The van der Waals surface area contributed by atoms with E-state index in [1.165, 1.54) is 0 Å². The third-order valence-electron chi connectivity index (χ3n) is 2.37. The minimum atomic E-state index is -0.162. The van der Waals surface area contributed by atoms with Crippen LogP contribution in [0.2, 0.25) is 0 Å². The molecule has 0 aromatic heterocycles. The molecular formula is C12H18FNO. The van der Waals surface area contributed by atoms with Crippen molar-refractivity contribution in [2.24, 2.45) is 5.92 Å². The highest BCUT2D eigenvalue weighted by atomic mass is 19.1. The van der Waals surface area contributed by atoms with Gasteiger partial charge >= 0.3 is 0 Å². The van der Waals surface area contributed by atoms with Gasteiger partial charge in [0, 0.05) is 19.7 Å². The molecular weight excluding hydrogens is 193 g/mol. The van der Waals surface area contributed by atoms with Crippen LogP contribution in [0.1, 0.15) is 18.1 Å². The Bertz CT molecular complexity index is 314. The number of rotatable bonds is 5. The molecule has 1 aromatic carbocycles. The van der Waals surface area contributed by atoms with Crippen molar-refractivity contribution in [2.75, 3.05) is 13.2 Å². The van der Waals surface area contributed by atoms with Crippen molar-refractivity contribution in [1.82, 2.24) is 5.32 Å². The summed E-state index contributed by atoms with van der Waals surface area (Å²) in [6.45, 7) is 5.27. The summed E-state index contributed by atoms with van der Waals surface area (Å²) in [5, 5.41) is 12.0. The van der Waals surface area contributed by atoms with Crippen molar-refractivity contribution in [3.05, 3.63) is 35.1 Å². The van der Waals surface area contributed by atoms with Crippen LogP contribution in [-0.4, -0.2) is 18.3 Å². The number of aryl methyl sites for hydroxylation is 1. The lowest BCUT2D eigenvalue weighted by molar-refractivity contribution is 0.233. The highest BCUT2D eigenvalue weighted by Gasteiger charge is 2.01. The second-order valence-electron chi connectivity index (χ2n) is 4.00. The van der Waals surface area contributed by atoms with Gasteiger partial charge in [-0.1, -0.05) is 19.1 Å². The van der Waals surface area contributed by atoms with Crippen molar-refractivity contribution >= 4 is 0 Å². The molecule has 0 fully saturated rings. The third-order valence-corrected chi connectivity index (χ3v) is 2.37. The highest BCUT2D eigenvalue weighted by molar-refractivity contribution is 5.23. The van der Waals surface area contributed by atoms with Gasteiger partial charge in [0.05, 0.1) is 0 Å². The molecule has 0 amide bonds. The Hall–Kier alpha value is -0.930. The Kier molecular flexibility index (Phi) is 4.72. The molecule has 2 N–H and O–H groups in total. The number of benzene rings is 1. The van der Waals surface area contributed by atoms with Crippen molar-refractivity contribution < 1.29 is 9.50 Å². The normalized spacial score (nSPS) is 12.8. The van der Waals surface area contributed by atoms with Crippen LogP contribution in [0.5, 0.6) is 0 Å². The van der Waals surface area contributed by atoms with Gasteiger partial charge in [-0.2, -0.15) is 0 Å². The summed E-state index contributed by atoms with van der Waals surface area (Å²) >= 11 is 0. The molecule has 0 saturated heterocycles. The van der Waals surface area contributed by atoms with Crippen molar-refractivity contribution in [2.45, 2.75) is 20.4 Å². The first-order valence-corrected chi connectivity index (χ1v) is 5.20. The van der Waals surface area contributed by atoms with Crippen LogP contribution >= 0.6 is 0 Å². The molecule has 0 aliphatic rings. The molecule has 1 atom stereocenters. The van der Waals surface area contributed by atoms with Crippen LogP contribution in [-0.2, 0) is 6.54 Å². The van der Waals surface area contributed by atoms with E-state index in [0.29, 0.717) is 12.1 Å². The third kappa shape index (κ3) is 3.98. The van der Waals surface area contributed by atoms with Crippen LogP contribution in [0.4, 0.5) is 4.39 Å². The summed E-state index contributed by atoms with van der Waals surface area (Å²) in [5.41, 5.74) is 1.60. The number of hydrogen-bond donors (Lipinski definition) is 2. The molecule has 2 nitrogen and oxygen atoms in total. The number of aliphatic hydroxyl groups is 1. The van der Waals surface area contributed by atoms with Crippen LogP contribution in [0.15, 0.2) is 18.2 Å². The number of hydrogen-bond acceptors (Lipinski definition) is 2. The van der Waals surface area contributed by atoms with Gasteiger partial charge < -0.3 is 10.4 Å². The summed E-state index contributed by atoms with van der Waals surface area (Å²) in [6, 6.07) is 5.24. The first-order chi connectivity index (χ1) is 7.13. The molecule has 1 rings (SSSR count). The summed E-state index contributed by atoms with van der Waals surface area (Å²) in [5.74, 6) is 0.0739. The Morgan fingerprint density at radius 2 is 2.20 bits per heavy atom. The predicted octanol–water partition coefficient (Wildman–Crippen LogP) is 1.85. The van der Waals surface area contributed by atoms with E-state index in [9.17, 15) is 4.39 Å². The zero-order valence-corrected chi connectivity index (χ0v) is 9.26. The Labute approximate surface area is 90.1 Å². The van der Waals surface area contributed by atoms with Crippen LogP contribution in [0.25, 0.3) is 0 Å². The van der Waals surface area contributed by atoms with E-state index in [2.05, 4.69) is 5.32 Å². The van der Waals surface area contributed by atoms with Crippen molar-refractivity contribution in [1.29, 1.82) is 0 Å². The summed E-state index contributed by atoms with van der Waals surface area (Å²) in [4.78, 5) is 0. The lowest BCUT2D eigenvalue weighted by Gasteiger charge is -2.09. The van der Waals surface area contributed by atoms with Crippen molar-refractivity contribution in [3.63, 3.8) is 0 Å². The molecule has 0 bridgehead atoms. The van der Waals surface area contributed by atoms with Gasteiger partial charge in [-0.25, -0.2) is 4.39 Å². The number of aliphatic hydroxyl groups excluding tert-OH is 1. The average molecular weight is 211 g/mol. The zero-order chi connectivity index (χ0) is 11.3. The Morgan fingerprint density at radius 1 is 1.47 bits per heavy atom. The molecule has 1 unspecified atom stereocenters. The highest BCUT2D eigenvalue weighted by Crippen LogP contribution is 2.08. The molecule has 1 aromatic rings. The fourth-order valence-electron chi connectivity index (χ4n) is 1.27. The molecule has 0 saturated carbocycles. The maximum atomic E-state index is 13.2. The molecule has 3 heteroatoms. The van der Waals surface area contributed by atoms with E-state index in [1.807, 2.05) is 13.0 Å². The number of halogens is 1. The molecule has 0 spiro atoms. The fraction of sp³-hybridized carbons (Fsp3) is 0.500. The predicted molar refractivity (Wildman–Crippen MR) is 59.1 cm³/mol. The minimum Gasteiger partial charge on any atom is -0.396 e. The van der Waals surface area contributed by atoms with Crippen LogP contribution < -0.4 is 5.32 Å². The van der Waals surface area contributed by atoms with Gasteiger partial charge in [-0.05, 0) is 30.0 Å². The lowest BCUT2D eigenvalue weighted by Crippen LogP contribution is -2.22. The van der Waals surface area contributed by atoms with E-state index in [1.54, 1.807) is 19.1 Å². The topological polar surface area (TPSA) is 32.3 Å². The first kappa shape index (κ1) is 12.1. The average Bonchev–Trinajstić information content (AvgIpc) is 2.23. The van der Waals surface area contributed by atoms with E-state index >= 15 is 0 Å². The van der Waals surface area contributed by atoms with E-state index in [4.69, 9.17) is 5.11 Å². The number of nitrogens with one attached hydrogen (secondary N) is 1. The summed E-state index contributed by atoms with van der Waals surface area (Å²) in [6.07, 6.45) is 0. The van der Waals surface area contributed by atoms with Gasteiger partial charge in [-0.15, -0.1) is 0 Å². The Morgan fingerprint density at radius 3 is 2.80 bits per heavy atom. The molecule has 15 heavy (non-hydrogen) atoms. The van der Waals surface area contributed by atoms with Gasteiger partial charge in [0.15, 0.2) is 0 Å². The van der Waals surface area contributed by atoms with Gasteiger partial charge in [0.1, 0.15) is 5.82 Å². The maximum Gasteiger partial charge on any atom is 0.126 e. The molecule has 0 aliphatic carbocycles. The molecule has 0 heterocycles. The van der Waals surface area contributed by atoms with Crippen LogP contribution in [0.3, 0.4) is 0 Å². The van der Waals surface area contributed by atoms with Crippen molar-refractivity contribution in [3.8, 4) is 0 Å². The fourth-order valence-corrected chi connectivity index (χ4v) is 1.27. The smallest absolute Gasteiger partial charge is 0.126 e. The second kappa shape index (κ2) is 5.83. The Balaban J connectivity index is 2.41. The maximum absolute atomic E-state index is 13.2. The van der Waals surface area contributed by atoms with E-state index < -0.39 is 0 Å². The lowest BCUT2D eigenvalue weighted by atomic mass is 10.1. The largest absolute Gasteiger partial charge is 0.396 e. The second-order valence-corrected chi connectivity index (χ2v) is 4.00. The minimum absolute atomic E-state index is 0.162. The zero-order valence-electron chi connectivity index (χ0n) is 9.26. The first-order valence-electron chi connectivity index (χ1n) is 5.20. The quantitative estimate of drug-likeness (QED) is 0.779. The molecule has 0 radical (unpaired) electrons. The molecule has 0 aliphatic heterocycles. The monoisotopic (exact) mass is 211 g/mol. The van der Waals surface area contributed by atoms with Gasteiger partial charge in [0.2, 0.25) is 0 Å². The standard InChI is InChI=1S/C12H18FNO/c1-9(8-15)6-14-7-11-4-3-10(2)12(13)5-11/h3-5,9,14-15H,6-8H2,1-2H3. The SMILES string of the molecule is Cc1ccc(CNCC(C)CO)cc1F. The summed E-state index contributed by atoms with van der Waals surface area (Å²) < 4.78 is 13.2. The van der Waals surface area contributed by atoms with Gasteiger partial charge in [-0.3, -0.25) is 0 Å².